The summed E-state index contributed by atoms with van der Waals surface area (Å²) in [6.45, 7) is 6.12. The standard InChI is InChI=1S/C23H24N6O2/c1-15(2)26-23(31)20-14-28-9-5-8-19(21(28)27-20)22(30)24-11-17-12-25-29(13-17)18-7-4-6-16(3)10-18/h4-10,12-15H,11H2,1-3H3,(H,24,30)(H,26,31). The summed E-state index contributed by atoms with van der Waals surface area (Å²) in [5.74, 6) is -0.538. The monoisotopic (exact) mass is 416 g/mol. The highest BCUT2D eigenvalue weighted by Crippen LogP contribution is 2.13. The number of imidazole rings is 1. The molecule has 0 aliphatic heterocycles. The molecule has 0 aliphatic rings. The molecule has 2 N–H and O–H groups in total. The predicted octanol–water partition coefficient (Wildman–Crippen LogP) is 2.90. The Labute approximate surface area is 179 Å². The summed E-state index contributed by atoms with van der Waals surface area (Å²) in [5, 5.41) is 10.1. The maximum absolute atomic E-state index is 12.8. The van der Waals surface area contributed by atoms with Crippen LogP contribution in [0.25, 0.3) is 11.3 Å². The largest absolute Gasteiger partial charge is 0.348 e. The third-order valence-corrected chi connectivity index (χ3v) is 4.74. The van der Waals surface area contributed by atoms with Gasteiger partial charge in [0.2, 0.25) is 0 Å². The van der Waals surface area contributed by atoms with Crippen molar-refractivity contribution >= 4 is 17.5 Å². The van der Waals surface area contributed by atoms with E-state index in [-0.39, 0.29) is 23.6 Å². The zero-order chi connectivity index (χ0) is 22.0. The fraction of sp³-hybridized carbons (Fsp3) is 0.217. The van der Waals surface area contributed by atoms with Gasteiger partial charge in [-0.1, -0.05) is 12.1 Å². The molecule has 0 aliphatic carbocycles. The van der Waals surface area contributed by atoms with Crippen molar-refractivity contribution in [3.63, 3.8) is 0 Å². The van der Waals surface area contributed by atoms with Crippen LogP contribution < -0.4 is 10.6 Å². The first-order valence-corrected chi connectivity index (χ1v) is 10.1. The smallest absolute Gasteiger partial charge is 0.271 e. The topological polar surface area (TPSA) is 93.3 Å². The Morgan fingerprint density at radius 1 is 1.10 bits per heavy atom. The van der Waals surface area contributed by atoms with Crippen LogP contribution in [0, 0.1) is 6.92 Å². The Bertz CT molecular complexity index is 1250. The zero-order valence-electron chi connectivity index (χ0n) is 17.7. The number of benzene rings is 1. The lowest BCUT2D eigenvalue weighted by Gasteiger charge is -2.05. The molecule has 0 radical (unpaired) electrons. The van der Waals surface area contributed by atoms with Gasteiger partial charge in [-0.2, -0.15) is 5.10 Å². The number of aryl methyl sites for hydroxylation is 1. The quantitative estimate of drug-likeness (QED) is 0.505. The number of carbonyl (C=O) groups is 2. The molecular formula is C23H24N6O2. The van der Waals surface area contributed by atoms with Gasteiger partial charge in [-0.25, -0.2) is 9.67 Å². The van der Waals surface area contributed by atoms with Gasteiger partial charge in [-0.3, -0.25) is 9.59 Å². The van der Waals surface area contributed by atoms with Gasteiger partial charge in [0.15, 0.2) is 5.65 Å². The van der Waals surface area contributed by atoms with E-state index in [4.69, 9.17) is 0 Å². The lowest BCUT2D eigenvalue weighted by atomic mass is 10.2. The molecule has 2 amide bonds. The van der Waals surface area contributed by atoms with Crippen molar-refractivity contribution in [3.8, 4) is 5.69 Å². The van der Waals surface area contributed by atoms with Crippen LogP contribution in [0.1, 0.15) is 45.8 Å². The summed E-state index contributed by atoms with van der Waals surface area (Å²) >= 11 is 0. The summed E-state index contributed by atoms with van der Waals surface area (Å²) in [5.41, 5.74) is 4.10. The van der Waals surface area contributed by atoms with Gasteiger partial charge in [0.25, 0.3) is 11.8 Å². The van der Waals surface area contributed by atoms with Gasteiger partial charge in [-0.05, 0) is 50.6 Å². The van der Waals surface area contributed by atoms with Crippen LogP contribution in [0.3, 0.4) is 0 Å². The van der Waals surface area contributed by atoms with Crippen molar-refractivity contribution in [1.82, 2.24) is 29.8 Å². The Balaban J connectivity index is 1.49. The van der Waals surface area contributed by atoms with Crippen LogP contribution in [0.5, 0.6) is 0 Å². The molecule has 3 heterocycles. The van der Waals surface area contributed by atoms with Crippen molar-refractivity contribution < 1.29 is 9.59 Å². The molecule has 0 spiro atoms. The van der Waals surface area contributed by atoms with Crippen LogP contribution in [-0.4, -0.2) is 37.0 Å². The molecule has 0 saturated heterocycles. The number of nitrogens with one attached hydrogen (secondary N) is 2. The number of aromatic nitrogens is 4. The minimum Gasteiger partial charge on any atom is -0.348 e. The molecule has 8 heteroatoms. The summed E-state index contributed by atoms with van der Waals surface area (Å²) in [6.07, 6.45) is 7.00. The number of carbonyl (C=O) groups excluding carboxylic acids is 2. The average Bonchev–Trinajstić information content (AvgIpc) is 3.38. The van der Waals surface area contributed by atoms with Crippen LogP contribution in [-0.2, 0) is 6.54 Å². The number of hydrogen-bond donors (Lipinski definition) is 2. The van der Waals surface area contributed by atoms with Gasteiger partial charge in [0.1, 0.15) is 5.69 Å². The molecule has 158 valence electrons. The number of fused-ring (bicyclic) bond motifs is 1. The molecule has 0 bridgehead atoms. The third-order valence-electron chi connectivity index (χ3n) is 4.74. The molecule has 31 heavy (non-hydrogen) atoms. The van der Waals surface area contributed by atoms with Crippen LogP contribution in [0.2, 0.25) is 0 Å². The first-order valence-electron chi connectivity index (χ1n) is 10.1. The van der Waals surface area contributed by atoms with Crippen molar-refractivity contribution in [2.24, 2.45) is 0 Å². The maximum atomic E-state index is 12.8. The fourth-order valence-corrected chi connectivity index (χ4v) is 3.28. The summed E-state index contributed by atoms with van der Waals surface area (Å²) < 4.78 is 3.46. The molecule has 8 nitrogen and oxygen atoms in total. The van der Waals surface area contributed by atoms with Crippen molar-refractivity contribution in [1.29, 1.82) is 0 Å². The molecular weight excluding hydrogens is 392 g/mol. The van der Waals surface area contributed by atoms with Gasteiger partial charge in [-0.15, -0.1) is 0 Å². The number of nitrogens with zero attached hydrogens (tertiary/aromatic N) is 4. The molecule has 0 fully saturated rings. The van der Waals surface area contributed by atoms with E-state index in [1.807, 2.05) is 51.2 Å². The molecule has 0 unspecified atom stereocenters. The number of rotatable bonds is 6. The van der Waals surface area contributed by atoms with Crippen LogP contribution >= 0.6 is 0 Å². The summed E-state index contributed by atoms with van der Waals surface area (Å²) in [7, 11) is 0. The van der Waals surface area contributed by atoms with E-state index >= 15 is 0 Å². The first-order chi connectivity index (χ1) is 14.9. The molecule has 4 aromatic rings. The van der Waals surface area contributed by atoms with E-state index in [1.165, 1.54) is 0 Å². The minimum absolute atomic E-state index is 0.000739. The maximum Gasteiger partial charge on any atom is 0.271 e. The van der Waals surface area contributed by atoms with Gasteiger partial charge in [0, 0.05) is 36.7 Å². The van der Waals surface area contributed by atoms with Crippen LogP contribution in [0.4, 0.5) is 0 Å². The van der Waals surface area contributed by atoms with E-state index in [9.17, 15) is 9.59 Å². The highest BCUT2D eigenvalue weighted by molar-refractivity contribution is 6.01. The lowest BCUT2D eigenvalue weighted by molar-refractivity contribution is 0.0933. The summed E-state index contributed by atoms with van der Waals surface area (Å²) in [6, 6.07) is 11.5. The molecule has 3 aromatic heterocycles. The molecule has 0 atom stereocenters. The molecule has 0 saturated carbocycles. The van der Waals surface area contributed by atoms with Crippen molar-refractivity contribution in [2.75, 3.05) is 0 Å². The van der Waals surface area contributed by atoms with Gasteiger partial charge >= 0.3 is 0 Å². The van der Waals surface area contributed by atoms with E-state index in [0.717, 1.165) is 16.8 Å². The Kier molecular flexibility index (Phi) is 5.53. The number of hydrogen-bond acceptors (Lipinski definition) is 4. The van der Waals surface area contributed by atoms with Crippen molar-refractivity contribution in [3.05, 3.63) is 83.6 Å². The highest BCUT2D eigenvalue weighted by atomic mass is 16.2. The summed E-state index contributed by atoms with van der Waals surface area (Å²) in [4.78, 5) is 29.4. The second-order valence-electron chi connectivity index (χ2n) is 7.72. The molecule has 1 aromatic carbocycles. The van der Waals surface area contributed by atoms with E-state index < -0.39 is 0 Å². The lowest BCUT2D eigenvalue weighted by Crippen LogP contribution is -2.30. The average molecular weight is 416 g/mol. The zero-order valence-corrected chi connectivity index (χ0v) is 17.7. The highest BCUT2D eigenvalue weighted by Gasteiger charge is 2.17. The van der Waals surface area contributed by atoms with Crippen LogP contribution in [0.15, 0.2) is 61.2 Å². The van der Waals surface area contributed by atoms with Crippen molar-refractivity contribution in [2.45, 2.75) is 33.4 Å². The normalized spacial score (nSPS) is 11.1. The third kappa shape index (κ3) is 4.48. The Morgan fingerprint density at radius 3 is 2.71 bits per heavy atom. The number of pyridine rings is 1. The minimum atomic E-state index is -0.270. The Hall–Kier alpha value is -3.94. The first kappa shape index (κ1) is 20.3. The van der Waals surface area contributed by atoms with Gasteiger partial charge < -0.3 is 15.0 Å². The second kappa shape index (κ2) is 8.43. The van der Waals surface area contributed by atoms with E-state index in [2.05, 4.69) is 20.7 Å². The van der Waals surface area contributed by atoms with Gasteiger partial charge in [0.05, 0.1) is 17.4 Å². The fourth-order valence-electron chi connectivity index (χ4n) is 3.28. The SMILES string of the molecule is Cc1cccc(-n2cc(CNC(=O)c3cccn4cc(C(=O)NC(C)C)nc34)cn2)c1. The van der Waals surface area contributed by atoms with E-state index in [0.29, 0.717) is 17.8 Å². The molecule has 4 rings (SSSR count). The van der Waals surface area contributed by atoms with E-state index in [1.54, 1.807) is 39.8 Å². The Morgan fingerprint density at radius 2 is 1.94 bits per heavy atom. The second-order valence-corrected chi connectivity index (χ2v) is 7.72. The predicted molar refractivity (Wildman–Crippen MR) is 117 cm³/mol. The number of amides is 2.